The van der Waals surface area contributed by atoms with E-state index in [-0.39, 0.29) is 17.3 Å². The summed E-state index contributed by atoms with van der Waals surface area (Å²) in [7, 11) is 0. The number of ketones is 1. The number of hydrogen-bond donors (Lipinski definition) is 1. The molecule has 1 aliphatic carbocycles. The second kappa shape index (κ2) is 6.07. The number of H-pyrrole nitrogens is 1. The van der Waals surface area contributed by atoms with Gasteiger partial charge in [0, 0.05) is 22.6 Å². The number of aromatic amines is 1. The Kier molecular flexibility index (Phi) is 4.14. The third-order valence-electron chi connectivity index (χ3n) is 4.97. The molecule has 0 unspecified atom stereocenters. The quantitative estimate of drug-likeness (QED) is 0.867. The molecule has 1 aliphatic rings. The molecule has 1 fully saturated rings. The van der Waals surface area contributed by atoms with E-state index in [1.165, 1.54) is 0 Å². The maximum absolute atomic E-state index is 12.7. The number of rotatable bonds is 3. The Balaban J connectivity index is 1.92. The standard InChI is InChI=1S/C19H23NO2/c1-3-13-10-16-11-15(8-9-17(16)20-19(13)22)18(21)14-6-4-12(2)5-7-14/h8-12,14H,3-7H2,1-2H3,(H,20,22). The highest BCUT2D eigenvalue weighted by Crippen LogP contribution is 2.31. The summed E-state index contributed by atoms with van der Waals surface area (Å²) in [6, 6.07) is 7.55. The van der Waals surface area contributed by atoms with Gasteiger partial charge < -0.3 is 4.98 Å². The van der Waals surface area contributed by atoms with E-state index in [1.54, 1.807) is 0 Å². The molecule has 3 rings (SSSR count). The van der Waals surface area contributed by atoms with Gasteiger partial charge in [-0.05, 0) is 54.8 Å². The molecule has 0 aliphatic heterocycles. The SMILES string of the molecule is CCc1cc2cc(C(=O)C3CCC(C)CC3)ccc2[nH]c1=O. The van der Waals surface area contributed by atoms with E-state index in [4.69, 9.17) is 0 Å². The summed E-state index contributed by atoms with van der Waals surface area (Å²) in [4.78, 5) is 27.4. The Labute approximate surface area is 130 Å². The highest BCUT2D eigenvalue weighted by atomic mass is 16.1. The number of aryl methyl sites for hydroxylation is 1. The molecule has 22 heavy (non-hydrogen) atoms. The Morgan fingerprint density at radius 3 is 2.59 bits per heavy atom. The molecular formula is C19H23NO2. The van der Waals surface area contributed by atoms with E-state index in [1.807, 2.05) is 31.2 Å². The van der Waals surface area contributed by atoms with Crippen LogP contribution >= 0.6 is 0 Å². The zero-order valence-electron chi connectivity index (χ0n) is 13.3. The van der Waals surface area contributed by atoms with Gasteiger partial charge in [-0.15, -0.1) is 0 Å². The Morgan fingerprint density at radius 2 is 1.91 bits per heavy atom. The van der Waals surface area contributed by atoms with Crippen molar-refractivity contribution in [2.24, 2.45) is 11.8 Å². The first-order valence-corrected chi connectivity index (χ1v) is 8.28. The van der Waals surface area contributed by atoms with Crippen LogP contribution in [0.5, 0.6) is 0 Å². The Bertz CT molecular complexity index is 752. The third-order valence-corrected chi connectivity index (χ3v) is 4.97. The molecule has 0 saturated heterocycles. The van der Waals surface area contributed by atoms with Gasteiger partial charge in [0.2, 0.25) is 0 Å². The first kappa shape index (κ1) is 15.0. The number of hydrogen-bond acceptors (Lipinski definition) is 2. The molecule has 3 heteroatoms. The maximum Gasteiger partial charge on any atom is 0.251 e. The number of Topliss-reactive ketones (excluding diaryl/α,β-unsaturated/α-hetero) is 1. The van der Waals surface area contributed by atoms with Crippen molar-refractivity contribution in [3.05, 3.63) is 45.7 Å². The fourth-order valence-corrected chi connectivity index (χ4v) is 3.43. The van der Waals surface area contributed by atoms with Crippen LogP contribution < -0.4 is 5.56 Å². The number of fused-ring (bicyclic) bond motifs is 1. The van der Waals surface area contributed by atoms with Gasteiger partial charge in [0.05, 0.1) is 0 Å². The lowest BCUT2D eigenvalue weighted by Crippen LogP contribution is -2.21. The smallest absolute Gasteiger partial charge is 0.251 e. The van der Waals surface area contributed by atoms with Gasteiger partial charge in [-0.3, -0.25) is 9.59 Å². The number of aromatic nitrogens is 1. The number of carbonyl (C=O) groups is 1. The van der Waals surface area contributed by atoms with Gasteiger partial charge in [0.1, 0.15) is 0 Å². The lowest BCUT2D eigenvalue weighted by molar-refractivity contribution is 0.0876. The van der Waals surface area contributed by atoms with Crippen LogP contribution in [0.25, 0.3) is 10.9 Å². The molecule has 2 aromatic rings. The molecule has 1 aromatic carbocycles. The van der Waals surface area contributed by atoms with Crippen molar-refractivity contribution < 1.29 is 4.79 Å². The summed E-state index contributed by atoms with van der Waals surface area (Å²) < 4.78 is 0. The van der Waals surface area contributed by atoms with Crippen molar-refractivity contribution in [1.82, 2.24) is 4.98 Å². The van der Waals surface area contributed by atoms with Crippen molar-refractivity contribution in [1.29, 1.82) is 0 Å². The van der Waals surface area contributed by atoms with Gasteiger partial charge in [0.15, 0.2) is 5.78 Å². The largest absolute Gasteiger partial charge is 0.322 e. The minimum Gasteiger partial charge on any atom is -0.322 e. The van der Waals surface area contributed by atoms with Crippen LogP contribution in [0.4, 0.5) is 0 Å². The van der Waals surface area contributed by atoms with Crippen LogP contribution in [-0.2, 0) is 6.42 Å². The summed E-state index contributed by atoms with van der Waals surface area (Å²) in [5.74, 6) is 1.18. The molecule has 0 atom stereocenters. The molecule has 1 N–H and O–H groups in total. The normalized spacial score (nSPS) is 21.9. The molecule has 0 bridgehead atoms. The summed E-state index contributed by atoms with van der Waals surface area (Å²) in [5.41, 5.74) is 2.32. The summed E-state index contributed by atoms with van der Waals surface area (Å²) >= 11 is 0. The number of pyridine rings is 1. The summed E-state index contributed by atoms with van der Waals surface area (Å²) in [5, 5.41) is 0.950. The lowest BCUT2D eigenvalue weighted by Gasteiger charge is -2.25. The van der Waals surface area contributed by atoms with E-state index >= 15 is 0 Å². The minimum absolute atomic E-state index is 0.0321. The third kappa shape index (κ3) is 2.85. The van der Waals surface area contributed by atoms with Crippen molar-refractivity contribution in [3.63, 3.8) is 0 Å². The predicted molar refractivity (Wildman–Crippen MR) is 89.4 cm³/mol. The second-order valence-corrected chi connectivity index (χ2v) is 6.60. The number of benzene rings is 1. The van der Waals surface area contributed by atoms with E-state index in [9.17, 15) is 9.59 Å². The van der Waals surface area contributed by atoms with E-state index in [2.05, 4.69) is 11.9 Å². The number of nitrogens with one attached hydrogen (secondary N) is 1. The summed E-state index contributed by atoms with van der Waals surface area (Å²) in [6.07, 6.45) is 5.01. The average Bonchev–Trinajstić information content (AvgIpc) is 2.54. The maximum atomic E-state index is 12.7. The highest BCUT2D eigenvalue weighted by molar-refractivity contribution is 6.00. The highest BCUT2D eigenvalue weighted by Gasteiger charge is 2.25. The van der Waals surface area contributed by atoms with Crippen LogP contribution in [0, 0.1) is 11.8 Å². The van der Waals surface area contributed by atoms with E-state index in [0.29, 0.717) is 6.42 Å². The fourth-order valence-electron chi connectivity index (χ4n) is 3.43. The molecule has 1 aromatic heterocycles. The van der Waals surface area contributed by atoms with Crippen LogP contribution in [0.3, 0.4) is 0 Å². The lowest BCUT2D eigenvalue weighted by atomic mass is 9.79. The van der Waals surface area contributed by atoms with Crippen LogP contribution in [0.15, 0.2) is 29.1 Å². The van der Waals surface area contributed by atoms with Crippen molar-refractivity contribution >= 4 is 16.7 Å². The molecular weight excluding hydrogens is 274 g/mol. The van der Waals surface area contributed by atoms with Crippen LogP contribution in [-0.4, -0.2) is 10.8 Å². The molecule has 0 amide bonds. The molecule has 0 radical (unpaired) electrons. The Hall–Kier alpha value is -1.90. The zero-order chi connectivity index (χ0) is 15.7. The van der Waals surface area contributed by atoms with E-state index in [0.717, 1.165) is 53.6 Å². The Morgan fingerprint density at radius 1 is 1.18 bits per heavy atom. The van der Waals surface area contributed by atoms with Gasteiger partial charge in [-0.1, -0.05) is 26.7 Å². The van der Waals surface area contributed by atoms with Crippen molar-refractivity contribution in [2.45, 2.75) is 46.0 Å². The van der Waals surface area contributed by atoms with Crippen LogP contribution in [0.2, 0.25) is 0 Å². The first-order valence-electron chi connectivity index (χ1n) is 8.28. The average molecular weight is 297 g/mol. The van der Waals surface area contributed by atoms with Crippen molar-refractivity contribution in [2.75, 3.05) is 0 Å². The topological polar surface area (TPSA) is 49.9 Å². The van der Waals surface area contributed by atoms with Gasteiger partial charge >= 0.3 is 0 Å². The molecule has 0 spiro atoms. The minimum atomic E-state index is -0.0321. The fraction of sp³-hybridized carbons (Fsp3) is 0.474. The van der Waals surface area contributed by atoms with Gasteiger partial charge in [0.25, 0.3) is 5.56 Å². The van der Waals surface area contributed by atoms with Crippen LogP contribution in [0.1, 0.15) is 55.5 Å². The monoisotopic (exact) mass is 297 g/mol. The van der Waals surface area contributed by atoms with Crippen molar-refractivity contribution in [3.8, 4) is 0 Å². The number of carbonyl (C=O) groups excluding carboxylic acids is 1. The second-order valence-electron chi connectivity index (χ2n) is 6.60. The molecule has 1 saturated carbocycles. The molecule has 1 heterocycles. The van der Waals surface area contributed by atoms with E-state index < -0.39 is 0 Å². The van der Waals surface area contributed by atoms with Gasteiger partial charge in [-0.25, -0.2) is 0 Å². The first-order chi connectivity index (χ1) is 10.6. The van der Waals surface area contributed by atoms with Gasteiger partial charge in [-0.2, -0.15) is 0 Å². The summed E-state index contributed by atoms with van der Waals surface area (Å²) in [6.45, 7) is 4.23. The predicted octanol–water partition coefficient (Wildman–Crippen LogP) is 4.10. The molecule has 116 valence electrons. The molecule has 3 nitrogen and oxygen atoms in total. The zero-order valence-corrected chi connectivity index (χ0v) is 13.3.